The van der Waals surface area contributed by atoms with Crippen molar-refractivity contribution in [2.75, 3.05) is 13.1 Å². The lowest BCUT2D eigenvalue weighted by atomic mass is 10.1. The molecule has 1 N–H and O–H groups in total. The van der Waals surface area contributed by atoms with E-state index >= 15 is 0 Å². The molecule has 0 bridgehead atoms. The molecule has 25 heavy (non-hydrogen) atoms. The highest BCUT2D eigenvalue weighted by Crippen LogP contribution is 2.19. The van der Waals surface area contributed by atoms with Gasteiger partial charge >= 0.3 is 5.69 Å². The predicted octanol–water partition coefficient (Wildman–Crippen LogP) is 2.00. The minimum Gasteiger partial charge on any atom is -0.489 e. The molecule has 0 radical (unpaired) electrons. The molecule has 6 nitrogen and oxygen atoms in total. The summed E-state index contributed by atoms with van der Waals surface area (Å²) in [7, 11) is 0. The Hall–Kier alpha value is -2.63. The number of aromatic amines is 1. The molecule has 1 atom stereocenters. The van der Waals surface area contributed by atoms with Crippen LogP contribution in [0, 0.1) is 13.8 Å². The van der Waals surface area contributed by atoms with E-state index in [0.29, 0.717) is 25.1 Å². The van der Waals surface area contributed by atoms with Crippen LogP contribution in [0.4, 0.5) is 0 Å². The second-order valence-electron chi connectivity index (χ2n) is 6.41. The number of nitrogens with one attached hydrogen (secondary N) is 1. The van der Waals surface area contributed by atoms with Gasteiger partial charge in [-0.3, -0.25) is 4.79 Å². The van der Waals surface area contributed by atoms with E-state index in [1.807, 2.05) is 49.1 Å². The molecular weight excluding hydrogens is 318 g/mol. The zero-order valence-electron chi connectivity index (χ0n) is 14.6. The van der Waals surface area contributed by atoms with Gasteiger partial charge in [-0.05, 0) is 38.0 Å². The molecule has 1 unspecified atom stereocenters. The van der Waals surface area contributed by atoms with E-state index < -0.39 is 0 Å². The average Bonchev–Trinajstić information content (AvgIpc) is 3.03. The van der Waals surface area contributed by atoms with Crippen molar-refractivity contribution in [1.82, 2.24) is 14.9 Å². The van der Waals surface area contributed by atoms with Crippen molar-refractivity contribution < 1.29 is 9.53 Å². The van der Waals surface area contributed by atoms with Gasteiger partial charge in [0.05, 0.1) is 6.54 Å². The number of aryl methyl sites for hydroxylation is 2. The molecular formula is C19H23N3O3. The Kier molecular flexibility index (Phi) is 5.16. The Balaban J connectivity index is 1.54. The van der Waals surface area contributed by atoms with E-state index in [2.05, 4.69) is 9.97 Å². The Morgan fingerprint density at radius 3 is 2.80 bits per heavy atom. The molecule has 2 aromatic rings. The number of hydrogen-bond acceptors (Lipinski definition) is 4. The summed E-state index contributed by atoms with van der Waals surface area (Å²) in [5, 5.41) is 0. The van der Waals surface area contributed by atoms with Gasteiger partial charge in [0.25, 0.3) is 0 Å². The van der Waals surface area contributed by atoms with E-state index in [9.17, 15) is 9.59 Å². The van der Waals surface area contributed by atoms with Crippen LogP contribution in [0.25, 0.3) is 0 Å². The van der Waals surface area contributed by atoms with Gasteiger partial charge in [0, 0.05) is 30.8 Å². The molecule has 132 valence electrons. The van der Waals surface area contributed by atoms with Crippen LogP contribution in [0.5, 0.6) is 5.75 Å². The largest absolute Gasteiger partial charge is 0.489 e. The van der Waals surface area contributed by atoms with E-state index in [1.165, 1.54) is 0 Å². The van der Waals surface area contributed by atoms with Crippen LogP contribution in [-0.2, 0) is 11.2 Å². The van der Waals surface area contributed by atoms with Gasteiger partial charge in [-0.2, -0.15) is 4.98 Å². The molecule has 1 amide bonds. The van der Waals surface area contributed by atoms with Gasteiger partial charge in [0.1, 0.15) is 11.9 Å². The normalized spacial score (nSPS) is 16.9. The number of H-pyrrole nitrogens is 1. The quantitative estimate of drug-likeness (QED) is 0.902. The number of hydrogen-bond donors (Lipinski definition) is 1. The van der Waals surface area contributed by atoms with Gasteiger partial charge in [0.15, 0.2) is 0 Å². The Labute approximate surface area is 146 Å². The minimum absolute atomic E-state index is 0.0459. The third-order valence-corrected chi connectivity index (χ3v) is 4.59. The maximum Gasteiger partial charge on any atom is 0.345 e. The summed E-state index contributed by atoms with van der Waals surface area (Å²) < 4.78 is 5.93. The fourth-order valence-corrected chi connectivity index (χ4v) is 3.26. The summed E-state index contributed by atoms with van der Waals surface area (Å²) in [5.74, 6) is 0.955. The van der Waals surface area contributed by atoms with Crippen molar-refractivity contribution in [2.24, 2.45) is 0 Å². The van der Waals surface area contributed by atoms with Gasteiger partial charge in [0.2, 0.25) is 5.91 Å². The number of carbonyl (C=O) groups excluding carboxylic acids is 1. The second-order valence-corrected chi connectivity index (χ2v) is 6.41. The van der Waals surface area contributed by atoms with Crippen LogP contribution in [0.3, 0.4) is 0 Å². The molecule has 0 saturated carbocycles. The van der Waals surface area contributed by atoms with Crippen molar-refractivity contribution in [1.29, 1.82) is 0 Å². The molecule has 1 aromatic carbocycles. The third kappa shape index (κ3) is 4.26. The number of ether oxygens (including phenoxy) is 1. The summed E-state index contributed by atoms with van der Waals surface area (Å²) in [5.41, 5.74) is 2.09. The smallest absolute Gasteiger partial charge is 0.345 e. The molecule has 0 aliphatic carbocycles. The molecule has 1 aliphatic rings. The lowest BCUT2D eigenvalue weighted by Gasteiger charge is -2.18. The first kappa shape index (κ1) is 17.2. The first-order chi connectivity index (χ1) is 12.0. The molecule has 1 fully saturated rings. The van der Waals surface area contributed by atoms with E-state index in [0.717, 1.165) is 30.0 Å². The summed E-state index contributed by atoms with van der Waals surface area (Å²) in [6.07, 6.45) is 1.89. The molecule has 2 heterocycles. The van der Waals surface area contributed by atoms with Crippen LogP contribution >= 0.6 is 0 Å². The fraction of sp³-hybridized carbons (Fsp3) is 0.421. The third-order valence-electron chi connectivity index (χ3n) is 4.59. The first-order valence-corrected chi connectivity index (χ1v) is 8.59. The summed E-state index contributed by atoms with van der Waals surface area (Å²) in [6.45, 7) is 4.99. The zero-order valence-corrected chi connectivity index (χ0v) is 14.6. The number of carbonyl (C=O) groups is 1. The van der Waals surface area contributed by atoms with Crippen molar-refractivity contribution in [2.45, 2.75) is 39.2 Å². The maximum absolute atomic E-state index is 12.5. The summed E-state index contributed by atoms with van der Waals surface area (Å²) >= 11 is 0. The highest BCUT2D eigenvalue weighted by atomic mass is 16.5. The number of likely N-dealkylation sites (tertiary alicyclic amines) is 1. The first-order valence-electron chi connectivity index (χ1n) is 8.59. The van der Waals surface area contributed by atoms with Crippen molar-refractivity contribution >= 4 is 5.91 Å². The van der Waals surface area contributed by atoms with E-state index in [-0.39, 0.29) is 17.7 Å². The van der Waals surface area contributed by atoms with E-state index in [1.54, 1.807) is 0 Å². The number of amides is 1. The van der Waals surface area contributed by atoms with Gasteiger partial charge in [-0.15, -0.1) is 0 Å². The number of para-hydroxylation sites is 1. The van der Waals surface area contributed by atoms with Crippen molar-refractivity contribution in [3.63, 3.8) is 0 Å². The molecule has 1 aliphatic heterocycles. The van der Waals surface area contributed by atoms with E-state index in [4.69, 9.17) is 4.74 Å². The van der Waals surface area contributed by atoms with Crippen LogP contribution in [0.1, 0.15) is 29.8 Å². The summed E-state index contributed by atoms with van der Waals surface area (Å²) in [6, 6.07) is 9.69. The van der Waals surface area contributed by atoms with Gasteiger partial charge < -0.3 is 14.6 Å². The monoisotopic (exact) mass is 341 g/mol. The number of aromatic nitrogens is 2. The Bertz CT molecular complexity index is 775. The molecule has 3 rings (SSSR count). The van der Waals surface area contributed by atoms with Crippen molar-refractivity contribution in [3.05, 3.63) is 57.8 Å². The predicted molar refractivity (Wildman–Crippen MR) is 94.7 cm³/mol. The van der Waals surface area contributed by atoms with Gasteiger partial charge in [-0.1, -0.05) is 18.2 Å². The second kappa shape index (κ2) is 7.51. The summed E-state index contributed by atoms with van der Waals surface area (Å²) in [4.78, 5) is 32.3. The highest BCUT2D eigenvalue weighted by molar-refractivity contribution is 5.76. The standard InChI is InChI=1S/C19H23N3O3/c1-13-17(14(2)21-19(24)20-13)8-9-18(23)22-11-10-16(12-22)25-15-6-4-3-5-7-15/h3-7,16H,8-12H2,1-2H3,(H,20,21,24). The fourth-order valence-electron chi connectivity index (χ4n) is 3.26. The average molecular weight is 341 g/mol. The molecule has 1 aromatic heterocycles. The topological polar surface area (TPSA) is 75.3 Å². The number of benzene rings is 1. The molecule has 0 spiro atoms. The van der Waals surface area contributed by atoms with Crippen LogP contribution < -0.4 is 10.4 Å². The molecule has 1 saturated heterocycles. The van der Waals surface area contributed by atoms with Crippen LogP contribution in [0.2, 0.25) is 0 Å². The Morgan fingerprint density at radius 2 is 2.08 bits per heavy atom. The lowest BCUT2D eigenvalue weighted by molar-refractivity contribution is -0.130. The van der Waals surface area contributed by atoms with Crippen LogP contribution in [-0.4, -0.2) is 40.0 Å². The molecule has 6 heteroatoms. The SMILES string of the molecule is Cc1nc(=O)[nH]c(C)c1CCC(=O)N1CCC(Oc2ccccc2)C1. The minimum atomic E-state index is -0.342. The van der Waals surface area contributed by atoms with Crippen molar-refractivity contribution in [3.8, 4) is 5.75 Å². The zero-order chi connectivity index (χ0) is 17.8. The Morgan fingerprint density at radius 1 is 1.32 bits per heavy atom. The van der Waals surface area contributed by atoms with Crippen LogP contribution in [0.15, 0.2) is 35.1 Å². The number of nitrogens with zero attached hydrogens (tertiary/aromatic N) is 2. The van der Waals surface area contributed by atoms with Gasteiger partial charge in [-0.25, -0.2) is 4.79 Å². The lowest BCUT2D eigenvalue weighted by Crippen LogP contribution is -2.31. The number of rotatable bonds is 5. The highest BCUT2D eigenvalue weighted by Gasteiger charge is 2.27. The maximum atomic E-state index is 12.5.